The minimum absolute atomic E-state index is 0.0263. The minimum Gasteiger partial charge on any atom is -0.270 e. The zero-order valence-corrected chi connectivity index (χ0v) is 17.3. The van der Waals surface area contributed by atoms with Gasteiger partial charge in [0.1, 0.15) is 0 Å². The molecule has 4 heteroatoms. The lowest BCUT2D eigenvalue weighted by atomic mass is 10.0. The second-order valence-electron chi connectivity index (χ2n) is 7.72. The molecule has 0 aromatic heterocycles. The van der Waals surface area contributed by atoms with Crippen LogP contribution < -0.4 is 0 Å². The highest BCUT2D eigenvalue weighted by atomic mass is 17.0. The topological polar surface area (TPSA) is 38.8 Å². The number of nitrogens with zero attached hydrogens (tertiary/aromatic N) is 1. The zero-order chi connectivity index (χ0) is 18.7. The molecule has 1 saturated heterocycles. The van der Waals surface area contributed by atoms with Gasteiger partial charge in [-0.3, -0.25) is 4.79 Å². The molecule has 1 amide bonds. The van der Waals surface area contributed by atoms with E-state index in [2.05, 4.69) is 6.92 Å². The zero-order valence-electron chi connectivity index (χ0n) is 17.3. The Morgan fingerprint density at radius 2 is 1.04 bits per heavy atom. The van der Waals surface area contributed by atoms with E-state index >= 15 is 0 Å². The molecule has 4 nitrogen and oxygen atoms in total. The van der Waals surface area contributed by atoms with Crippen LogP contribution in [-0.4, -0.2) is 24.3 Å². The van der Waals surface area contributed by atoms with Crippen molar-refractivity contribution in [1.29, 1.82) is 0 Å². The molecule has 0 N–H and O–H groups in total. The molecule has 1 aliphatic heterocycles. The standard InChI is InChI=1S/C22H43NO3/c1-2-3-4-5-6-7-8-9-10-11-12-13-14-15-16-19-22(24)23-25-20-17-18-21-26-23/h2-21H2,1H3. The molecular formula is C22H43NO3. The Hall–Kier alpha value is -0.610. The van der Waals surface area contributed by atoms with Gasteiger partial charge in [0, 0.05) is 6.42 Å². The molecule has 0 saturated carbocycles. The highest BCUT2D eigenvalue weighted by Crippen LogP contribution is 2.14. The van der Waals surface area contributed by atoms with E-state index in [0.717, 1.165) is 30.9 Å². The number of unbranched alkanes of at least 4 members (excludes halogenated alkanes) is 14. The Labute approximate surface area is 161 Å². The summed E-state index contributed by atoms with van der Waals surface area (Å²) in [5, 5.41) is 1.12. The van der Waals surface area contributed by atoms with Crippen LogP contribution in [0.5, 0.6) is 0 Å². The first-order chi connectivity index (χ1) is 12.8. The van der Waals surface area contributed by atoms with Crippen LogP contribution in [0, 0.1) is 0 Å². The van der Waals surface area contributed by atoms with Crippen molar-refractivity contribution >= 4 is 5.91 Å². The van der Waals surface area contributed by atoms with Crippen molar-refractivity contribution in [1.82, 2.24) is 5.23 Å². The first-order valence-corrected chi connectivity index (χ1v) is 11.4. The number of hydroxylamine groups is 2. The molecule has 0 unspecified atom stereocenters. The smallest absolute Gasteiger partial charge is 0.270 e. The molecular weight excluding hydrogens is 326 g/mol. The summed E-state index contributed by atoms with van der Waals surface area (Å²) in [6, 6.07) is 0. The van der Waals surface area contributed by atoms with Gasteiger partial charge in [0.25, 0.3) is 5.91 Å². The molecule has 1 aliphatic rings. The summed E-state index contributed by atoms with van der Waals surface area (Å²) in [5.41, 5.74) is 0. The summed E-state index contributed by atoms with van der Waals surface area (Å²) in [7, 11) is 0. The summed E-state index contributed by atoms with van der Waals surface area (Å²) >= 11 is 0. The molecule has 0 aromatic rings. The molecule has 1 fully saturated rings. The van der Waals surface area contributed by atoms with Gasteiger partial charge in [-0.15, -0.1) is 0 Å². The lowest BCUT2D eigenvalue weighted by Gasteiger charge is -2.17. The van der Waals surface area contributed by atoms with E-state index in [9.17, 15) is 4.79 Å². The number of hydrogen-bond donors (Lipinski definition) is 0. The highest BCUT2D eigenvalue weighted by Gasteiger charge is 2.17. The van der Waals surface area contributed by atoms with Crippen molar-refractivity contribution in [2.75, 3.05) is 13.2 Å². The van der Waals surface area contributed by atoms with Crippen molar-refractivity contribution in [2.24, 2.45) is 0 Å². The summed E-state index contributed by atoms with van der Waals surface area (Å²) in [6.45, 7) is 3.45. The Kier molecular flexibility index (Phi) is 16.0. The number of amides is 1. The van der Waals surface area contributed by atoms with Crippen LogP contribution in [0.25, 0.3) is 0 Å². The van der Waals surface area contributed by atoms with Crippen LogP contribution in [0.1, 0.15) is 122 Å². The van der Waals surface area contributed by atoms with Crippen LogP contribution in [0.15, 0.2) is 0 Å². The number of rotatable bonds is 16. The molecule has 0 aromatic carbocycles. The third-order valence-corrected chi connectivity index (χ3v) is 5.15. The third-order valence-electron chi connectivity index (χ3n) is 5.15. The lowest BCUT2D eigenvalue weighted by Crippen LogP contribution is -2.30. The molecule has 0 aliphatic carbocycles. The Morgan fingerprint density at radius 3 is 1.46 bits per heavy atom. The highest BCUT2D eigenvalue weighted by molar-refractivity contribution is 5.73. The first kappa shape index (κ1) is 23.4. The van der Waals surface area contributed by atoms with Crippen LogP contribution >= 0.6 is 0 Å². The fourth-order valence-corrected chi connectivity index (χ4v) is 3.42. The van der Waals surface area contributed by atoms with Crippen LogP contribution in [0.3, 0.4) is 0 Å². The average Bonchev–Trinajstić information content (AvgIpc) is 2.94. The maximum absolute atomic E-state index is 12.0. The van der Waals surface area contributed by atoms with Crippen molar-refractivity contribution in [3.63, 3.8) is 0 Å². The lowest BCUT2D eigenvalue weighted by molar-refractivity contribution is -0.332. The second kappa shape index (κ2) is 17.8. The molecule has 1 rings (SSSR count). The first-order valence-electron chi connectivity index (χ1n) is 11.4. The van der Waals surface area contributed by atoms with Gasteiger partial charge in [0.05, 0.1) is 13.2 Å². The van der Waals surface area contributed by atoms with Crippen LogP contribution in [0.2, 0.25) is 0 Å². The summed E-state index contributed by atoms with van der Waals surface area (Å²) in [6.07, 6.45) is 22.6. The second-order valence-corrected chi connectivity index (χ2v) is 7.72. The minimum atomic E-state index is -0.0263. The van der Waals surface area contributed by atoms with Gasteiger partial charge in [-0.25, -0.2) is 9.68 Å². The Bertz CT molecular complexity index is 315. The average molecular weight is 370 g/mol. The fourth-order valence-electron chi connectivity index (χ4n) is 3.42. The van der Waals surface area contributed by atoms with Crippen LogP contribution in [0.4, 0.5) is 0 Å². The van der Waals surface area contributed by atoms with Crippen molar-refractivity contribution < 1.29 is 14.5 Å². The maximum atomic E-state index is 12.0. The number of carbonyl (C=O) groups is 1. The number of carbonyl (C=O) groups excluding carboxylic acids is 1. The molecule has 154 valence electrons. The van der Waals surface area contributed by atoms with Gasteiger partial charge < -0.3 is 0 Å². The van der Waals surface area contributed by atoms with Gasteiger partial charge >= 0.3 is 0 Å². The van der Waals surface area contributed by atoms with Gasteiger partial charge in [0.15, 0.2) is 0 Å². The van der Waals surface area contributed by atoms with Gasteiger partial charge in [0.2, 0.25) is 0 Å². The molecule has 0 bridgehead atoms. The predicted molar refractivity (Wildman–Crippen MR) is 108 cm³/mol. The number of hydrogen-bond acceptors (Lipinski definition) is 3. The van der Waals surface area contributed by atoms with E-state index in [-0.39, 0.29) is 5.91 Å². The molecule has 0 atom stereocenters. The summed E-state index contributed by atoms with van der Waals surface area (Å²) in [5.74, 6) is -0.0263. The third kappa shape index (κ3) is 13.6. The predicted octanol–water partition coefficient (Wildman–Crippen LogP) is 6.73. The van der Waals surface area contributed by atoms with Gasteiger partial charge in [-0.2, -0.15) is 0 Å². The molecule has 0 radical (unpaired) electrons. The SMILES string of the molecule is CCCCCCCCCCCCCCCCCC(=O)N1OCCCCO1. The summed E-state index contributed by atoms with van der Waals surface area (Å²) < 4.78 is 0. The molecule has 0 spiro atoms. The van der Waals surface area contributed by atoms with E-state index in [4.69, 9.17) is 9.68 Å². The van der Waals surface area contributed by atoms with Gasteiger partial charge in [-0.05, 0) is 19.3 Å². The Balaban J connectivity index is 1.77. The van der Waals surface area contributed by atoms with Crippen molar-refractivity contribution in [2.45, 2.75) is 122 Å². The van der Waals surface area contributed by atoms with E-state index in [1.165, 1.54) is 83.5 Å². The van der Waals surface area contributed by atoms with Crippen LogP contribution in [-0.2, 0) is 14.5 Å². The Morgan fingerprint density at radius 1 is 0.654 bits per heavy atom. The van der Waals surface area contributed by atoms with Gasteiger partial charge in [-0.1, -0.05) is 102 Å². The largest absolute Gasteiger partial charge is 0.273 e. The monoisotopic (exact) mass is 369 g/mol. The van der Waals surface area contributed by atoms with E-state index in [0.29, 0.717) is 19.6 Å². The van der Waals surface area contributed by atoms with Crippen molar-refractivity contribution in [3.05, 3.63) is 0 Å². The summed E-state index contributed by atoms with van der Waals surface area (Å²) in [4.78, 5) is 22.6. The van der Waals surface area contributed by atoms with E-state index < -0.39 is 0 Å². The van der Waals surface area contributed by atoms with Crippen molar-refractivity contribution in [3.8, 4) is 0 Å². The van der Waals surface area contributed by atoms with E-state index in [1.54, 1.807) is 0 Å². The fraction of sp³-hybridized carbons (Fsp3) is 0.955. The quantitative estimate of drug-likeness (QED) is 0.283. The molecule has 26 heavy (non-hydrogen) atoms. The maximum Gasteiger partial charge on any atom is 0.273 e. The normalized spacial score (nSPS) is 15.2. The molecule has 1 heterocycles. The van der Waals surface area contributed by atoms with E-state index in [1.807, 2.05) is 0 Å².